The van der Waals surface area contributed by atoms with Crippen molar-refractivity contribution in [2.24, 2.45) is 10.8 Å². The van der Waals surface area contributed by atoms with Crippen LogP contribution in [0, 0.1) is 0 Å². The number of anilines is 1. The summed E-state index contributed by atoms with van der Waals surface area (Å²) in [6.07, 6.45) is 11.7. The summed E-state index contributed by atoms with van der Waals surface area (Å²) in [5, 5.41) is 5.61. The molecule has 0 saturated carbocycles. The first-order chi connectivity index (χ1) is 19.0. The molecule has 0 spiro atoms. The van der Waals surface area contributed by atoms with E-state index in [1.54, 1.807) is 12.4 Å². The number of halogens is 2. The van der Waals surface area contributed by atoms with E-state index in [1.165, 1.54) is 31.9 Å². The van der Waals surface area contributed by atoms with Crippen molar-refractivity contribution in [1.82, 2.24) is 15.3 Å². The molecule has 8 heteroatoms. The van der Waals surface area contributed by atoms with Crippen molar-refractivity contribution in [3.63, 3.8) is 0 Å². The Kier molecular flexibility index (Phi) is 26.1. The standard InChI is InChI=1S/C21H25Cl2N5.C5H12.2C2H6.CH5N/c1-16(26-24-2)20(9-8-17-6-4-3-5-7-17)27-10-12-28(13-11-27)21-18(22)14-25-15-19(21)23;1-3-5-4-2;3*1-2/h3-9,14-15,20,24H,10-13H2,1-2H3;3-5H2,1-2H3;2*1-2H3;2H2,1H3/b9-8+,26-16+;;;;. The van der Waals surface area contributed by atoms with Gasteiger partial charge in [0.05, 0.1) is 27.5 Å². The fraction of sp³-hybridized carbons (Fsp3) is 0.548. The number of nitrogens with two attached hydrogens (primary N) is 1. The summed E-state index contributed by atoms with van der Waals surface area (Å²) in [6, 6.07) is 10.4. The third-order valence-corrected chi connectivity index (χ3v) is 6.10. The van der Waals surface area contributed by atoms with Gasteiger partial charge in [0.1, 0.15) is 0 Å². The molecule has 3 N–H and O–H groups in total. The second-order valence-electron chi connectivity index (χ2n) is 8.02. The van der Waals surface area contributed by atoms with Crippen molar-refractivity contribution in [2.45, 2.75) is 73.8 Å². The lowest BCUT2D eigenvalue weighted by Gasteiger charge is -2.39. The maximum absolute atomic E-state index is 6.33. The van der Waals surface area contributed by atoms with Crippen LogP contribution in [0.3, 0.4) is 0 Å². The summed E-state index contributed by atoms with van der Waals surface area (Å²) in [5.74, 6) is 0. The highest BCUT2D eigenvalue weighted by Gasteiger charge is 2.26. The number of hydrazone groups is 1. The zero-order valence-electron chi connectivity index (χ0n) is 25.8. The molecule has 1 aromatic heterocycles. The monoisotopic (exact) mass is 580 g/mol. The van der Waals surface area contributed by atoms with E-state index >= 15 is 0 Å². The minimum atomic E-state index is 0.123. The van der Waals surface area contributed by atoms with Crippen molar-refractivity contribution in [2.75, 3.05) is 45.2 Å². The lowest BCUT2D eigenvalue weighted by Crippen LogP contribution is -2.52. The Balaban J connectivity index is 0. The molecule has 1 atom stereocenters. The number of piperazine rings is 1. The molecule has 1 saturated heterocycles. The molecule has 2 heterocycles. The van der Waals surface area contributed by atoms with Gasteiger partial charge in [-0.1, -0.05) is 126 Å². The second-order valence-corrected chi connectivity index (χ2v) is 8.83. The maximum atomic E-state index is 6.33. The van der Waals surface area contributed by atoms with Gasteiger partial charge in [-0.05, 0) is 19.5 Å². The van der Waals surface area contributed by atoms with Crippen molar-refractivity contribution >= 4 is 40.7 Å². The molecule has 1 fully saturated rings. The van der Waals surface area contributed by atoms with Crippen LogP contribution in [0.2, 0.25) is 10.0 Å². The summed E-state index contributed by atoms with van der Waals surface area (Å²) in [7, 11) is 3.33. The van der Waals surface area contributed by atoms with E-state index < -0.39 is 0 Å². The SMILES string of the molecule is CC.CC.CCCCC.CN.CN/N=C(\C)C(/C=C/c1ccccc1)N1CCN(c2c(Cl)cncc2Cl)CC1. The Morgan fingerprint density at radius 3 is 1.92 bits per heavy atom. The van der Waals surface area contributed by atoms with E-state index in [2.05, 4.69) is 76.1 Å². The highest BCUT2D eigenvalue weighted by Crippen LogP contribution is 2.33. The summed E-state index contributed by atoms with van der Waals surface area (Å²) in [4.78, 5) is 8.70. The van der Waals surface area contributed by atoms with Crippen LogP contribution in [0.4, 0.5) is 5.69 Å². The summed E-state index contributed by atoms with van der Waals surface area (Å²) in [5.41, 5.74) is 10.5. The van der Waals surface area contributed by atoms with Gasteiger partial charge < -0.3 is 16.1 Å². The Hall–Kier alpha value is -2.12. The average Bonchev–Trinajstić information content (AvgIpc) is 2.98. The van der Waals surface area contributed by atoms with Crippen molar-refractivity contribution < 1.29 is 0 Å². The van der Waals surface area contributed by atoms with E-state index in [9.17, 15) is 0 Å². The molecule has 1 aromatic carbocycles. The third-order valence-electron chi connectivity index (χ3n) is 5.55. The number of hydrogen-bond acceptors (Lipinski definition) is 6. The van der Waals surface area contributed by atoms with Crippen LogP contribution in [0.25, 0.3) is 6.08 Å². The van der Waals surface area contributed by atoms with Gasteiger partial charge >= 0.3 is 0 Å². The number of unbranched alkanes of at least 4 members (excludes halogenated alkanes) is 2. The number of hydrogen-bond donors (Lipinski definition) is 2. The minimum absolute atomic E-state index is 0.123. The Morgan fingerprint density at radius 2 is 1.49 bits per heavy atom. The highest BCUT2D eigenvalue weighted by molar-refractivity contribution is 6.38. The highest BCUT2D eigenvalue weighted by atomic mass is 35.5. The fourth-order valence-electron chi connectivity index (χ4n) is 3.82. The van der Waals surface area contributed by atoms with Crippen LogP contribution in [0.1, 0.15) is 73.3 Å². The number of nitrogens with one attached hydrogen (secondary N) is 1. The molecule has 39 heavy (non-hydrogen) atoms. The molecule has 1 aliphatic heterocycles. The van der Waals surface area contributed by atoms with Gasteiger partial charge in [0.15, 0.2) is 0 Å². The molecular weight excluding hydrogens is 527 g/mol. The van der Waals surface area contributed by atoms with Gasteiger partial charge in [-0.25, -0.2) is 0 Å². The first kappa shape index (κ1) is 39.0. The van der Waals surface area contributed by atoms with E-state index in [0.717, 1.165) is 37.6 Å². The average molecular weight is 582 g/mol. The molecule has 1 aliphatic rings. The number of pyridine rings is 1. The van der Waals surface area contributed by atoms with E-state index in [-0.39, 0.29) is 6.04 Å². The van der Waals surface area contributed by atoms with E-state index in [1.807, 2.05) is 52.9 Å². The lowest BCUT2D eigenvalue weighted by atomic mass is 10.1. The van der Waals surface area contributed by atoms with E-state index in [4.69, 9.17) is 23.2 Å². The molecule has 0 aliphatic carbocycles. The van der Waals surface area contributed by atoms with Gasteiger partial charge in [0.25, 0.3) is 0 Å². The lowest BCUT2D eigenvalue weighted by molar-refractivity contribution is 0.254. The smallest absolute Gasteiger partial charge is 0.0838 e. The van der Waals surface area contributed by atoms with Crippen LogP contribution < -0.4 is 16.1 Å². The molecule has 0 amide bonds. The van der Waals surface area contributed by atoms with Gasteiger partial charge in [-0.15, -0.1) is 0 Å². The van der Waals surface area contributed by atoms with Crippen LogP contribution in [-0.2, 0) is 0 Å². The van der Waals surface area contributed by atoms with Gasteiger partial charge in [-0.3, -0.25) is 9.88 Å². The first-order valence-electron chi connectivity index (χ1n) is 14.3. The summed E-state index contributed by atoms with van der Waals surface area (Å²) >= 11 is 12.7. The zero-order valence-corrected chi connectivity index (χ0v) is 27.4. The zero-order chi connectivity index (χ0) is 30.1. The molecule has 2 aromatic rings. The second kappa shape index (κ2) is 26.1. The van der Waals surface area contributed by atoms with Gasteiger partial charge in [0.2, 0.25) is 0 Å². The third kappa shape index (κ3) is 15.3. The summed E-state index contributed by atoms with van der Waals surface area (Å²) < 4.78 is 0. The molecular formula is C31H54Cl2N6. The van der Waals surface area contributed by atoms with Crippen molar-refractivity contribution in [1.29, 1.82) is 0 Å². The maximum Gasteiger partial charge on any atom is 0.0838 e. The molecule has 222 valence electrons. The minimum Gasteiger partial charge on any atom is -0.366 e. The molecule has 3 rings (SSSR count). The Morgan fingerprint density at radius 1 is 0.974 bits per heavy atom. The molecule has 6 nitrogen and oxygen atoms in total. The van der Waals surface area contributed by atoms with Gasteiger partial charge in [0, 0.05) is 45.6 Å². The molecule has 0 radical (unpaired) electrons. The normalized spacial score (nSPS) is 13.8. The summed E-state index contributed by atoms with van der Waals surface area (Å²) in [6.45, 7) is 17.9. The number of nitrogens with zero attached hydrogens (tertiary/aromatic N) is 4. The topological polar surface area (TPSA) is 69.8 Å². The van der Waals surface area contributed by atoms with Crippen molar-refractivity contribution in [3.8, 4) is 0 Å². The molecule has 0 bridgehead atoms. The number of benzene rings is 1. The van der Waals surface area contributed by atoms with Crippen LogP contribution in [0.15, 0.2) is 53.9 Å². The molecule has 1 unspecified atom stereocenters. The Bertz CT molecular complexity index is 860. The quantitative estimate of drug-likeness (QED) is 0.244. The fourth-order valence-corrected chi connectivity index (χ4v) is 4.42. The Labute approximate surface area is 249 Å². The van der Waals surface area contributed by atoms with Crippen LogP contribution >= 0.6 is 23.2 Å². The largest absolute Gasteiger partial charge is 0.366 e. The first-order valence-corrected chi connectivity index (χ1v) is 15.1. The van der Waals surface area contributed by atoms with Gasteiger partial charge in [-0.2, -0.15) is 5.10 Å². The predicted molar refractivity (Wildman–Crippen MR) is 177 cm³/mol. The predicted octanol–water partition coefficient (Wildman–Crippen LogP) is 8.01. The van der Waals surface area contributed by atoms with Crippen LogP contribution in [-0.4, -0.2) is 61.9 Å². The van der Waals surface area contributed by atoms with Crippen LogP contribution in [0.5, 0.6) is 0 Å². The number of aromatic nitrogens is 1. The number of rotatable bonds is 8. The van der Waals surface area contributed by atoms with E-state index in [0.29, 0.717) is 10.0 Å². The van der Waals surface area contributed by atoms with Crippen molar-refractivity contribution in [3.05, 3.63) is 64.4 Å².